The molecule has 0 atom stereocenters. The molecule has 0 aromatic heterocycles. The zero-order valence-corrected chi connectivity index (χ0v) is 12.8. The fourth-order valence-electron chi connectivity index (χ4n) is 3.78. The van der Waals surface area contributed by atoms with Crippen molar-refractivity contribution < 1.29 is 0 Å². The van der Waals surface area contributed by atoms with Crippen molar-refractivity contribution >= 4 is 11.8 Å². The summed E-state index contributed by atoms with van der Waals surface area (Å²) < 4.78 is 0. The van der Waals surface area contributed by atoms with Crippen LogP contribution in [-0.4, -0.2) is 41.6 Å². The van der Waals surface area contributed by atoms with Crippen LogP contribution in [0.15, 0.2) is 0 Å². The molecule has 0 radical (unpaired) electrons. The molecule has 0 spiro atoms. The Morgan fingerprint density at radius 1 is 1.22 bits per heavy atom. The van der Waals surface area contributed by atoms with Crippen LogP contribution < -0.4 is 5.73 Å². The van der Waals surface area contributed by atoms with Gasteiger partial charge in [0, 0.05) is 24.4 Å². The van der Waals surface area contributed by atoms with E-state index in [2.05, 4.69) is 23.6 Å². The average Bonchev–Trinajstić information content (AvgIpc) is 2.70. The Bertz CT molecular complexity index is 229. The van der Waals surface area contributed by atoms with Gasteiger partial charge in [0.05, 0.1) is 0 Å². The second kappa shape index (κ2) is 7.16. The number of nitrogens with zero attached hydrogens (tertiary/aromatic N) is 1. The lowest BCUT2D eigenvalue weighted by Crippen LogP contribution is -2.56. The molecule has 0 amide bonds. The zero-order valence-electron chi connectivity index (χ0n) is 12.0. The fourth-order valence-corrected chi connectivity index (χ4v) is 4.67. The van der Waals surface area contributed by atoms with E-state index in [-0.39, 0.29) is 0 Å². The highest BCUT2D eigenvalue weighted by Gasteiger charge is 2.38. The van der Waals surface area contributed by atoms with Crippen molar-refractivity contribution in [1.29, 1.82) is 0 Å². The predicted octanol–water partition coefficient (Wildman–Crippen LogP) is 3.11. The van der Waals surface area contributed by atoms with Crippen LogP contribution in [0.25, 0.3) is 0 Å². The van der Waals surface area contributed by atoms with Gasteiger partial charge >= 0.3 is 0 Å². The van der Waals surface area contributed by atoms with Gasteiger partial charge in [0.2, 0.25) is 0 Å². The number of rotatable bonds is 4. The van der Waals surface area contributed by atoms with E-state index < -0.39 is 0 Å². The Balaban J connectivity index is 1.94. The standard InChI is InChI=1S/C15H30N2S/c1-2-4-14-5-7-15(13-16,8-6-14)17-9-3-11-18-12-10-17/h14H,2-13,16H2,1H3. The Kier molecular flexibility index (Phi) is 5.84. The van der Waals surface area contributed by atoms with E-state index in [0.29, 0.717) is 5.54 Å². The summed E-state index contributed by atoms with van der Waals surface area (Å²) in [7, 11) is 0. The highest BCUT2D eigenvalue weighted by atomic mass is 32.2. The third-order valence-corrected chi connectivity index (χ3v) is 6.05. The van der Waals surface area contributed by atoms with Gasteiger partial charge in [-0.1, -0.05) is 19.8 Å². The van der Waals surface area contributed by atoms with Gasteiger partial charge in [0.1, 0.15) is 0 Å². The third kappa shape index (κ3) is 3.43. The van der Waals surface area contributed by atoms with Crippen LogP contribution >= 0.6 is 11.8 Å². The largest absolute Gasteiger partial charge is 0.329 e. The normalized spacial score (nSPS) is 35.3. The minimum absolute atomic E-state index is 0.356. The number of hydrogen-bond acceptors (Lipinski definition) is 3. The van der Waals surface area contributed by atoms with Crippen LogP contribution in [0.4, 0.5) is 0 Å². The molecule has 2 rings (SSSR count). The van der Waals surface area contributed by atoms with Crippen molar-refractivity contribution in [2.75, 3.05) is 31.1 Å². The molecule has 2 N–H and O–H groups in total. The van der Waals surface area contributed by atoms with E-state index in [0.717, 1.165) is 12.5 Å². The summed E-state index contributed by atoms with van der Waals surface area (Å²) in [5.41, 5.74) is 6.55. The highest BCUT2D eigenvalue weighted by Crippen LogP contribution is 2.38. The van der Waals surface area contributed by atoms with Crippen molar-refractivity contribution in [3.05, 3.63) is 0 Å². The molecule has 0 unspecified atom stereocenters. The van der Waals surface area contributed by atoms with Crippen molar-refractivity contribution in [3.8, 4) is 0 Å². The maximum absolute atomic E-state index is 6.19. The van der Waals surface area contributed by atoms with Crippen molar-refractivity contribution in [2.45, 2.75) is 57.4 Å². The topological polar surface area (TPSA) is 29.3 Å². The van der Waals surface area contributed by atoms with Crippen molar-refractivity contribution in [1.82, 2.24) is 4.90 Å². The summed E-state index contributed by atoms with van der Waals surface area (Å²) in [6.07, 6.45) is 9.64. The summed E-state index contributed by atoms with van der Waals surface area (Å²) in [5, 5.41) is 0. The molecule has 0 aromatic rings. The van der Waals surface area contributed by atoms with Crippen LogP contribution in [0.5, 0.6) is 0 Å². The van der Waals surface area contributed by atoms with Gasteiger partial charge in [-0.2, -0.15) is 11.8 Å². The molecule has 0 bridgehead atoms. The van der Waals surface area contributed by atoms with Gasteiger partial charge in [0.15, 0.2) is 0 Å². The summed E-state index contributed by atoms with van der Waals surface area (Å²) in [6, 6.07) is 0. The molecule has 0 aromatic carbocycles. The van der Waals surface area contributed by atoms with Crippen LogP contribution in [-0.2, 0) is 0 Å². The fraction of sp³-hybridized carbons (Fsp3) is 1.00. The second-order valence-corrected chi connectivity index (χ2v) is 7.34. The summed E-state index contributed by atoms with van der Waals surface area (Å²) in [4.78, 5) is 2.75. The minimum atomic E-state index is 0.356. The minimum Gasteiger partial charge on any atom is -0.329 e. The Labute approximate surface area is 117 Å². The van der Waals surface area contributed by atoms with E-state index in [1.54, 1.807) is 0 Å². The van der Waals surface area contributed by atoms with E-state index in [4.69, 9.17) is 5.73 Å². The predicted molar refractivity (Wildman–Crippen MR) is 82.2 cm³/mol. The highest BCUT2D eigenvalue weighted by molar-refractivity contribution is 7.99. The monoisotopic (exact) mass is 270 g/mol. The molecule has 1 aliphatic carbocycles. The first kappa shape index (κ1) is 14.7. The van der Waals surface area contributed by atoms with E-state index in [1.807, 2.05) is 0 Å². The molecule has 1 saturated carbocycles. The molecule has 106 valence electrons. The summed E-state index contributed by atoms with van der Waals surface area (Å²) in [6.45, 7) is 5.73. The Morgan fingerprint density at radius 2 is 2.00 bits per heavy atom. The van der Waals surface area contributed by atoms with Crippen molar-refractivity contribution in [3.63, 3.8) is 0 Å². The molecule has 1 aliphatic heterocycles. The van der Waals surface area contributed by atoms with Gasteiger partial charge in [-0.05, 0) is 50.3 Å². The molecular weight excluding hydrogens is 240 g/mol. The average molecular weight is 270 g/mol. The lowest BCUT2D eigenvalue weighted by Gasteiger charge is -2.47. The Morgan fingerprint density at radius 3 is 2.67 bits per heavy atom. The lowest BCUT2D eigenvalue weighted by molar-refractivity contribution is 0.0472. The van der Waals surface area contributed by atoms with Gasteiger partial charge in [0.25, 0.3) is 0 Å². The van der Waals surface area contributed by atoms with Gasteiger partial charge in [-0.25, -0.2) is 0 Å². The van der Waals surface area contributed by atoms with Gasteiger partial charge in [-0.3, -0.25) is 4.90 Å². The van der Waals surface area contributed by atoms with E-state index >= 15 is 0 Å². The number of nitrogens with two attached hydrogens (primary N) is 1. The molecule has 2 nitrogen and oxygen atoms in total. The zero-order chi connectivity index (χ0) is 12.8. The molecule has 1 saturated heterocycles. The van der Waals surface area contributed by atoms with Crippen LogP contribution in [0, 0.1) is 5.92 Å². The lowest BCUT2D eigenvalue weighted by atomic mass is 9.74. The van der Waals surface area contributed by atoms with Gasteiger partial charge in [-0.15, -0.1) is 0 Å². The number of hydrogen-bond donors (Lipinski definition) is 1. The maximum atomic E-state index is 6.19. The first-order valence-electron chi connectivity index (χ1n) is 7.83. The SMILES string of the molecule is CCCC1CCC(CN)(N2CCCSCC2)CC1. The quantitative estimate of drug-likeness (QED) is 0.851. The molecular formula is C15H30N2S. The maximum Gasteiger partial charge on any atom is 0.0332 e. The first-order valence-corrected chi connectivity index (χ1v) is 8.99. The van der Waals surface area contributed by atoms with E-state index in [1.165, 1.54) is 69.5 Å². The molecule has 3 heteroatoms. The second-order valence-electron chi connectivity index (χ2n) is 6.11. The summed E-state index contributed by atoms with van der Waals surface area (Å²) >= 11 is 2.12. The third-order valence-electron chi connectivity index (χ3n) is 5.01. The molecule has 2 fully saturated rings. The number of thioether (sulfide) groups is 1. The van der Waals surface area contributed by atoms with Crippen molar-refractivity contribution in [2.24, 2.45) is 11.7 Å². The van der Waals surface area contributed by atoms with Crippen LogP contribution in [0.3, 0.4) is 0 Å². The molecule has 1 heterocycles. The molecule has 2 aliphatic rings. The molecule has 18 heavy (non-hydrogen) atoms. The van der Waals surface area contributed by atoms with E-state index in [9.17, 15) is 0 Å². The van der Waals surface area contributed by atoms with Crippen LogP contribution in [0.2, 0.25) is 0 Å². The van der Waals surface area contributed by atoms with Gasteiger partial charge < -0.3 is 5.73 Å². The first-order chi connectivity index (χ1) is 8.80. The summed E-state index contributed by atoms with van der Waals surface area (Å²) in [5.74, 6) is 3.63. The smallest absolute Gasteiger partial charge is 0.0332 e. The Hall–Kier alpha value is 0.270. The van der Waals surface area contributed by atoms with Crippen LogP contribution in [0.1, 0.15) is 51.9 Å².